The van der Waals surface area contributed by atoms with Crippen LogP contribution in [0.1, 0.15) is 32.9 Å². The minimum Gasteiger partial charge on any atom is -0.347 e. The van der Waals surface area contributed by atoms with Gasteiger partial charge in [0, 0.05) is 23.8 Å². The Balaban J connectivity index is 1.71. The van der Waals surface area contributed by atoms with Crippen LogP contribution in [0.4, 0.5) is 13.2 Å². The van der Waals surface area contributed by atoms with E-state index in [0.717, 1.165) is 11.6 Å². The quantitative estimate of drug-likeness (QED) is 0.657. The van der Waals surface area contributed by atoms with Crippen LogP contribution in [0.2, 0.25) is 5.02 Å². The van der Waals surface area contributed by atoms with Crippen molar-refractivity contribution in [3.05, 3.63) is 88.0 Å². The maximum Gasteiger partial charge on any atom is 0.416 e. The van der Waals surface area contributed by atoms with E-state index in [0.29, 0.717) is 17.3 Å². The maximum absolute atomic E-state index is 13.1. The summed E-state index contributed by atoms with van der Waals surface area (Å²) in [4.78, 5) is 16.5. The molecule has 1 heterocycles. The predicted molar refractivity (Wildman–Crippen MR) is 100 cm³/mol. The molecule has 8 heteroatoms. The molecule has 0 aliphatic rings. The van der Waals surface area contributed by atoms with Crippen molar-refractivity contribution in [2.75, 3.05) is 0 Å². The lowest BCUT2D eigenvalue weighted by atomic mass is 10.1. The zero-order valence-corrected chi connectivity index (χ0v) is 15.7. The molecule has 4 nitrogen and oxygen atoms in total. The highest BCUT2D eigenvalue weighted by molar-refractivity contribution is 6.30. The van der Waals surface area contributed by atoms with Crippen molar-refractivity contribution in [3.8, 4) is 0 Å². The normalized spacial score (nSPS) is 11.5. The fraction of sp³-hybridized carbons (Fsp3) is 0.200. The minimum absolute atomic E-state index is 0.00148. The topological polar surface area (TPSA) is 46.9 Å². The Hall–Kier alpha value is -2.80. The number of nitrogens with one attached hydrogen (secondary N) is 1. The lowest BCUT2D eigenvalue weighted by molar-refractivity contribution is -0.138. The SMILES string of the molecule is Cc1c(C(=O)NCc2ccccc2C(F)(F)F)ncn1Cc1ccc(Cl)cc1. The molecular weight excluding hydrogens is 391 g/mol. The van der Waals surface area contributed by atoms with Gasteiger partial charge in [-0.15, -0.1) is 0 Å². The van der Waals surface area contributed by atoms with Crippen molar-refractivity contribution in [1.82, 2.24) is 14.9 Å². The van der Waals surface area contributed by atoms with E-state index >= 15 is 0 Å². The number of benzene rings is 2. The van der Waals surface area contributed by atoms with E-state index in [2.05, 4.69) is 10.3 Å². The molecule has 0 atom stereocenters. The molecule has 28 heavy (non-hydrogen) atoms. The first-order chi connectivity index (χ1) is 13.3. The number of hydrogen-bond acceptors (Lipinski definition) is 2. The van der Waals surface area contributed by atoms with E-state index in [-0.39, 0.29) is 17.8 Å². The summed E-state index contributed by atoms with van der Waals surface area (Å²) in [5.41, 5.74) is 1.02. The van der Waals surface area contributed by atoms with Gasteiger partial charge >= 0.3 is 6.18 Å². The first-order valence-corrected chi connectivity index (χ1v) is 8.83. The minimum atomic E-state index is -4.47. The van der Waals surface area contributed by atoms with Crippen LogP contribution in [0.25, 0.3) is 0 Å². The van der Waals surface area contributed by atoms with Gasteiger partial charge in [0.05, 0.1) is 11.9 Å². The van der Waals surface area contributed by atoms with E-state index in [4.69, 9.17) is 11.6 Å². The molecule has 3 rings (SSSR count). The number of nitrogens with zero attached hydrogens (tertiary/aromatic N) is 2. The summed E-state index contributed by atoms with van der Waals surface area (Å²) in [5.74, 6) is -0.524. The van der Waals surface area contributed by atoms with Gasteiger partial charge in [0.15, 0.2) is 0 Å². The zero-order chi connectivity index (χ0) is 20.3. The number of imidazole rings is 1. The van der Waals surface area contributed by atoms with Gasteiger partial charge in [0.25, 0.3) is 5.91 Å². The number of carbonyl (C=O) groups excluding carboxylic acids is 1. The number of hydrogen-bond donors (Lipinski definition) is 1. The van der Waals surface area contributed by atoms with E-state index in [9.17, 15) is 18.0 Å². The summed E-state index contributed by atoms with van der Waals surface area (Å²) in [6.07, 6.45) is -2.94. The fourth-order valence-corrected chi connectivity index (χ4v) is 2.95. The average molecular weight is 408 g/mol. The Labute approximate surface area is 165 Å². The first kappa shape index (κ1) is 19.9. The van der Waals surface area contributed by atoms with Gasteiger partial charge in [-0.05, 0) is 36.2 Å². The summed E-state index contributed by atoms with van der Waals surface area (Å²) in [7, 11) is 0. The van der Waals surface area contributed by atoms with Crippen LogP contribution in [0.3, 0.4) is 0 Å². The van der Waals surface area contributed by atoms with Crippen molar-refractivity contribution >= 4 is 17.5 Å². The summed E-state index contributed by atoms with van der Waals surface area (Å²) >= 11 is 5.87. The Morgan fingerprint density at radius 3 is 2.50 bits per heavy atom. The summed E-state index contributed by atoms with van der Waals surface area (Å²) in [5, 5.41) is 3.15. The van der Waals surface area contributed by atoms with Gasteiger partial charge in [-0.25, -0.2) is 4.98 Å². The Morgan fingerprint density at radius 2 is 1.82 bits per heavy atom. The number of amides is 1. The third-order valence-electron chi connectivity index (χ3n) is 4.34. The molecule has 0 saturated carbocycles. The molecule has 0 unspecified atom stereocenters. The van der Waals surface area contributed by atoms with Crippen LogP contribution in [-0.4, -0.2) is 15.5 Å². The second-order valence-electron chi connectivity index (χ2n) is 6.27. The second-order valence-corrected chi connectivity index (χ2v) is 6.71. The molecule has 3 aromatic rings. The molecule has 146 valence electrons. The van der Waals surface area contributed by atoms with Crippen LogP contribution in [0.15, 0.2) is 54.9 Å². The van der Waals surface area contributed by atoms with Crippen LogP contribution < -0.4 is 5.32 Å². The zero-order valence-electron chi connectivity index (χ0n) is 14.9. The van der Waals surface area contributed by atoms with Gasteiger partial charge in [-0.3, -0.25) is 4.79 Å². The smallest absolute Gasteiger partial charge is 0.347 e. The molecule has 2 aromatic carbocycles. The van der Waals surface area contributed by atoms with Gasteiger partial charge in [-0.1, -0.05) is 41.9 Å². The Kier molecular flexibility index (Phi) is 5.74. The Bertz CT molecular complexity index is 981. The van der Waals surface area contributed by atoms with Crippen molar-refractivity contribution in [1.29, 1.82) is 0 Å². The van der Waals surface area contributed by atoms with Crippen molar-refractivity contribution < 1.29 is 18.0 Å². The molecule has 0 aliphatic heterocycles. The van der Waals surface area contributed by atoms with Crippen molar-refractivity contribution in [2.45, 2.75) is 26.2 Å². The summed E-state index contributed by atoms with van der Waals surface area (Å²) < 4.78 is 41.0. The van der Waals surface area contributed by atoms with Crippen LogP contribution in [0, 0.1) is 6.92 Å². The Morgan fingerprint density at radius 1 is 1.14 bits per heavy atom. The molecule has 0 radical (unpaired) electrons. The van der Waals surface area contributed by atoms with Gasteiger partial charge in [-0.2, -0.15) is 13.2 Å². The standard InChI is InChI=1S/C20H17ClF3N3O/c1-13-18(26-12-27(13)11-14-6-8-16(21)9-7-14)19(28)25-10-15-4-2-3-5-17(15)20(22,23)24/h2-9,12H,10-11H2,1H3,(H,25,28). The van der Waals surface area contributed by atoms with Gasteiger partial charge < -0.3 is 9.88 Å². The largest absolute Gasteiger partial charge is 0.416 e. The maximum atomic E-state index is 13.1. The van der Waals surface area contributed by atoms with E-state index in [1.165, 1.54) is 24.5 Å². The third kappa shape index (κ3) is 4.54. The average Bonchev–Trinajstić information content (AvgIpc) is 3.01. The van der Waals surface area contributed by atoms with E-state index in [1.54, 1.807) is 23.6 Å². The number of rotatable bonds is 5. The van der Waals surface area contributed by atoms with E-state index in [1.807, 2.05) is 12.1 Å². The van der Waals surface area contributed by atoms with E-state index < -0.39 is 17.6 Å². The van der Waals surface area contributed by atoms with Crippen LogP contribution >= 0.6 is 11.6 Å². The lowest BCUT2D eigenvalue weighted by Crippen LogP contribution is -2.25. The highest BCUT2D eigenvalue weighted by Gasteiger charge is 2.32. The molecule has 0 spiro atoms. The lowest BCUT2D eigenvalue weighted by Gasteiger charge is -2.13. The molecule has 0 fully saturated rings. The van der Waals surface area contributed by atoms with Gasteiger partial charge in [0.2, 0.25) is 0 Å². The first-order valence-electron chi connectivity index (χ1n) is 8.45. The van der Waals surface area contributed by atoms with Crippen LogP contribution in [-0.2, 0) is 19.3 Å². The second kappa shape index (κ2) is 8.06. The third-order valence-corrected chi connectivity index (χ3v) is 4.60. The van der Waals surface area contributed by atoms with Gasteiger partial charge in [0.1, 0.15) is 5.69 Å². The summed E-state index contributed by atoms with van der Waals surface area (Å²) in [6, 6.07) is 12.4. The fourth-order valence-electron chi connectivity index (χ4n) is 2.82. The highest BCUT2D eigenvalue weighted by Crippen LogP contribution is 2.31. The molecule has 1 N–H and O–H groups in total. The van der Waals surface area contributed by atoms with Crippen molar-refractivity contribution in [2.24, 2.45) is 0 Å². The molecule has 0 bridgehead atoms. The molecule has 0 saturated heterocycles. The number of halogens is 4. The predicted octanol–water partition coefficient (Wildman–Crippen LogP) is 4.84. The summed E-state index contributed by atoms with van der Waals surface area (Å²) in [6.45, 7) is 2.00. The van der Waals surface area contributed by atoms with Crippen LogP contribution in [0.5, 0.6) is 0 Å². The molecular formula is C20H17ClF3N3O. The van der Waals surface area contributed by atoms with Crippen molar-refractivity contribution in [3.63, 3.8) is 0 Å². The number of carbonyl (C=O) groups is 1. The monoisotopic (exact) mass is 407 g/mol. The molecule has 1 aromatic heterocycles. The number of aromatic nitrogens is 2. The molecule has 1 amide bonds. The highest BCUT2D eigenvalue weighted by atomic mass is 35.5. The number of alkyl halides is 3. The molecule has 0 aliphatic carbocycles.